The number of amides is 2. The molecule has 3 aromatic carbocycles. The first-order valence-electron chi connectivity index (χ1n) is 10.7. The number of hydrogen-bond donors (Lipinski definition) is 2. The summed E-state index contributed by atoms with van der Waals surface area (Å²) >= 11 is 0. The van der Waals surface area contributed by atoms with E-state index in [-0.39, 0.29) is 5.75 Å². The molecule has 0 fully saturated rings. The van der Waals surface area contributed by atoms with Gasteiger partial charge in [0, 0.05) is 17.5 Å². The van der Waals surface area contributed by atoms with E-state index in [2.05, 4.69) is 10.4 Å². The van der Waals surface area contributed by atoms with Crippen LogP contribution >= 0.6 is 0 Å². The van der Waals surface area contributed by atoms with Crippen LogP contribution in [0.25, 0.3) is 11.0 Å². The van der Waals surface area contributed by atoms with Crippen molar-refractivity contribution in [3.63, 3.8) is 0 Å². The second-order valence-corrected chi connectivity index (χ2v) is 7.85. The molecule has 1 aliphatic rings. The Balaban J connectivity index is 1.49. The summed E-state index contributed by atoms with van der Waals surface area (Å²) in [6.07, 6.45) is 0.434. The number of methoxy groups -OCH3 is 2. The maximum Gasteiger partial charge on any atom is 0.342 e. The van der Waals surface area contributed by atoms with Crippen LogP contribution in [0.15, 0.2) is 82.3 Å². The first-order valence-corrected chi connectivity index (χ1v) is 10.7. The van der Waals surface area contributed by atoms with Gasteiger partial charge in [0.05, 0.1) is 20.3 Å². The van der Waals surface area contributed by atoms with Crippen molar-refractivity contribution in [2.75, 3.05) is 19.5 Å². The fourth-order valence-corrected chi connectivity index (χ4v) is 3.99. The number of ether oxygens (including phenoxy) is 2. The largest absolute Gasteiger partial charge is 0.504 e. The Morgan fingerprint density at radius 2 is 1.85 bits per heavy atom. The highest BCUT2D eigenvalue weighted by atomic mass is 16.5. The van der Waals surface area contributed by atoms with E-state index in [1.165, 1.54) is 12.1 Å². The molecule has 172 valence electrons. The SMILES string of the molecule is COc1ccc(NC(=O)N2N=C(c3cc4ccccc4o3)CC2c2ccc(O)c(OC)c2)cc1. The van der Waals surface area contributed by atoms with E-state index in [1.807, 2.05) is 30.3 Å². The number of hydrazone groups is 1. The van der Waals surface area contributed by atoms with E-state index in [1.54, 1.807) is 49.6 Å². The second-order valence-electron chi connectivity index (χ2n) is 7.85. The van der Waals surface area contributed by atoms with Crippen molar-refractivity contribution < 1.29 is 23.8 Å². The third-order valence-electron chi connectivity index (χ3n) is 5.76. The summed E-state index contributed by atoms with van der Waals surface area (Å²) < 4.78 is 16.5. The van der Waals surface area contributed by atoms with Crippen molar-refractivity contribution in [2.45, 2.75) is 12.5 Å². The molecule has 0 saturated carbocycles. The molecule has 4 aromatic rings. The molecule has 1 aliphatic heterocycles. The van der Waals surface area contributed by atoms with Crippen LogP contribution in [0.2, 0.25) is 0 Å². The standard InChI is InChI=1S/C26H23N3O5/c1-32-19-10-8-18(9-11-19)27-26(31)29-21(16-7-12-22(30)25(13-16)33-2)15-20(28-29)24-14-17-5-3-4-6-23(17)34-24/h3-14,21,30H,15H2,1-2H3,(H,27,31). The predicted octanol–water partition coefficient (Wildman–Crippen LogP) is 5.54. The van der Waals surface area contributed by atoms with Crippen molar-refractivity contribution in [3.05, 3.63) is 84.1 Å². The van der Waals surface area contributed by atoms with Gasteiger partial charge in [0.1, 0.15) is 17.0 Å². The Bertz CT molecular complexity index is 1340. The Labute approximate surface area is 196 Å². The van der Waals surface area contributed by atoms with E-state index in [0.717, 1.165) is 16.5 Å². The van der Waals surface area contributed by atoms with Crippen molar-refractivity contribution in [2.24, 2.45) is 5.10 Å². The van der Waals surface area contributed by atoms with Crippen LogP contribution in [0.4, 0.5) is 10.5 Å². The Kier molecular flexibility index (Phi) is 5.55. The van der Waals surface area contributed by atoms with E-state index in [4.69, 9.17) is 13.9 Å². The van der Waals surface area contributed by atoms with Gasteiger partial charge in [-0.25, -0.2) is 9.80 Å². The van der Waals surface area contributed by atoms with E-state index < -0.39 is 12.1 Å². The molecule has 34 heavy (non-hydrogen) atoms. The summed E-state index contributed by atoms with van der Waals surface area (Å²) in [6, 6.07) is 20.9. The number of rotatable bonds is 5. The molecule has 8 heteroatoms. The average Bonchev–Trinajstić information content (AvgIpc) is 3.50. The molecule has 0 radical (unpaired) electrons. The van der Waals surface area contributed by atoms with Crippen molar-refractivity contribution in [1.82, 2.24) is 5.01 Å². The summed E-state index contributed by atoms with van der Waals surface area (Å²) in [5.41, 5.74) is 2.79. The molecule has 2 N–H and O–H groups in total. The van der Waals surface area contributed by atoms with Gasteiger partial charge >= 0.3 is 6.03 Å². The molecule has 0 saturated heterocycles. The zero-order chi connectivity index (χ0) is 23.7. The fraction of sp³-hybridized carbons (Fsp3) is 0.154. The molecule has 5 rings (SSSR count). The number of para-hydroxylation sites is 1. The minimum absolute atomic E-state index is 0.0249. The lowest BCUT2D eigenvalue weighted by molar-refractivity contribution is 0.200. The van der Waals surface area contributed by atoms with Gasteiger partial charge in [-0.2, -0.15) is 5.10 Å². The lowest BCUT2D eigenvalue weighted by atomic mass is 10.0. The van der Waals surface area contributed by atoms with Crippen molar-refractivity contribution in [3.8, 4) is 17.2 Å². The van der Waals surface area contributed by atoms with E-state index in [9.17, 15) is 9.90 Å². The van der Waals surface area contributed by atoms with Crippen LogP contribution in [0.5, 0.6) is 17.2 Å². The van der Waals surface area contributed by atoms with Crippen LogP contribution < -0.4 is 14.8 Å². The molecular weight excluding hydrogens is 434 g/mol. The minimum Gasteiger partial charge on any atom is -0.504 e. The fourth-order valence-electron chi connectivity index (χ4n) is 3.99. The number of carbonyl (C=O) groups is 1. The van der Waals surface area contributed by atoms with Gasteiger partial charge < -0.3 is 24.3 Å². The highest BCUT2D eigenvalue weighted by Crippen LogP contribution is 2.38. The number of phenolic OH excluding ortho intramolecular Hbond substituents is 1. The lowest BCUT2D eigenvalue weighted by Gasteiger charge is -2.23. The number of urea groups is 1. The molecule has 2 heterocycles. The highest BCUT2D eigenvalue weighted by molar-refractivity contribution is 6.04. The molecule has 2 amide bonds. The van der Waals surface area contributed by atoms with Gasteiger partial charge in [-0.3, -0.25) is 0 Å². The number of phenols is 1. The van der Waals surface area contributed by atoms with Crippen LogP contribution in [0.3, 0.4) is 0 Å². The smallest absolute Gasteiger partial charge is 0.342 e. The summed E-state index contributed by atoms with van der Waals surface area (Å²) in [5, 5.41) is 19.9. The van der Waals surface area contributed by atoms with E-state index in [0.29, 0.717) is 35.1 Å². The summed E-state index contributed by atoms with van der Waals surface area (Å²) in [4.78, 5) is 13.3. The molecule has 0 bridgehead atoms. The number of fused-ring (bicyclic) bond motifs is 1. The quantitative estimate of drug-likeness (QED) is 0.410. The Morgan fingerprint density at radius 3 is 2.59 bits per heavy atom. The lowest BCUT2D eigenvalue weighted by Crippen LogP contribution is -2.31. The third kappa shape index (κ3) is 4.01. The molecule has 1 atom stereocenters. The van der Waals surface area contributed by atoms with Gasteiger partial charge in [0.2, 0.25) is 0 Å². The molecule has 1 unspecified atom stereocenters. The maximum atomic E-state index is 13.3. The molecule has 8 nitrogen and oxygen atoms in total. The minimum atomic E-state index is -0.420. The third-order valence-corrected chi connectivity index (χ3v) is 5.76. The summed E-state index contributed by atoms with van der Waals surface area (Å²) in [5.74, 6) is 1.65. The zero-order valence-electron chi connectivity index (χ0n) is 18.7. The number of carbonyl (C=O) groups excluding carboxylic acids is 1. The molecular formula is C26H23N3O5. The predicted molar refractivity (Wildman–Crippen MR) is 129 cm³/mol. The van der Waals surface area contributed by atoms with Crippen LogP contribution in [0, 0.1) is 0 Å². The zero-order valence-corrected chi connectivity index (χ0v) is 18.7. The van der Waals surface area contributed by atoms with Gasteiger partial charge in [-0.1, -0.05) is 24.3 Å². The normalized spacial score (nSPS) is 15.3. The maximum absolute atomic E-state index is 13.3. The molecule has 1 aromatic heterocycles. The number of nitrogens with one attached hydrogen (secondary N) is 1. The van der Waals surface area contributed by atoms with Crippen molar-refractivity contribution in [1.29, 1.82) is 0 Å². The van der Waals surface area contributed by atoms with Gasteiger partial charge in [-0.15, -0.1) is 0 Å². The summed E-state index contributed by atoms with van der Waals surface area (Å²) in [6.45, 7) is 0. The van der Waals surface area contributed by atoms with Gasteiger partial charge in [0.25, 0.3) is 0 Å². The number of aromatic hydroxyl groups is 1. The van der Waals surface area contributed by atoms with Crippen LogP contribution in [0.1, 0.15) is 23.8 Å². The monoisotopic (exact) mass is 457 g/mol. The Morgan fingerprint density at radius 1 is 1.06 bits per heavy atom. The van der Waals surface area contributed by atoms with Gasteiger partial charge in [0.15, 0.2) is 17.3 Å². The first-order chi connectivity index (χ1) is 16.6. The average molecular weight is 457 g/mol. The van der Waals surface area contributed by atoms with E-state index >= 15 is 0 Å². The Hall–Kier alpha value is -4.46. The highest BCUT2D eigenvalue weighted by Gasteiger charge is 2.35. The number of anilines is 1. The molecule has 0 aliphatic carbocycles. The van der Waals surface area contributed by atoms with Gasteiger partial charge in [-0.05, 0) is 54.1 Å². The first kappa shape index (κ1) is 21.4. The van der Waals surface area contributed by atoms with Crippen LogP contribution in [-0.4, -0.2) is 36.1 Å². The molecule has 0 spiro atoms. The number of nitrogens with zero attached hydrogens (tertiary/aromatic N) is 2. The topological polar surface area (TPSA) is 96.5 Å². The second kappa shape index (κ2) is 8.82. The number of furan rings is 1. The van der Waals surface area contributed by atoms with Crippen molar-refractivity contribution >= 4 is 28.4 Å². The summed E-state index contributed by atoms with van der Waals surface area (Å²) in [7, 11) is 3.07. The number of benzene rings is 3. The van der Waals surface area contributed by atoms with Crippen LogP contribution in [-0.2, 0) is 0 Å². The number of hydrogen-bond acceptors (Lipinski definition) is 6.